The summed E-state index contributed by atoms with van der Waals surface area (Å²) in [5.74, 6) is 1.89. The van der Waals surface area contributed by atoms with Crippen molar-refractivity contribution in [1.29, 1.82) is 0 Å². The molecule has 4 heteroatoms. The van der Waals surface area contributed by atoms with Gasteiger partial charge in [-0.25, -0.2) is 4.79 Å². The summed E-state index contributed by atoms with van der Waals surface area (Å²) in [5.41, 5.74) is 2.25. The van der Waals surface area contributed by atoms with Crippen molar-refractivity contribution in [2.75, 3.05) is 19.7 Å². The number of amides is 1. The third-order valence-corrected chi connectivity index (χ3v) is 6.21. The van der Waals surface area contributed by atoms with Crippen molar-refractivity contribution in [3.8, 4) is 0 Å². The highest BCUT2D eigenvalue weighted by atomic mass is 16.6. The molecule has 30 heavy (non-hydrogen) atoms. The molecule has 1 heterocycles. The van der Waals surface area contributed by atoms with Crippen molar-refractivity contribution in [1.82, 2.24) is 4.90 Å². The summed E-state index contributed by atoms with van der Waals surface area (Å²) in [6.45, 7) is 7.50. The van der Waals surface area contributed by atoms with Crippen LogP contribution in [0.4, 0.5) is 4.79 Å². The van der Waals surface area contributed by atoms with Crippen LogP contribution in [0.25, 0.3) is 0 Å². The van der Waals surface area contributed by atoms with Crippen molar-refractivity contribution in [2.45, 2.75) is 46.3 Å². The van der Waals surface area contributed by atoms with E-state index in [1.54, 1.807) is 0 Å². The molecule has 0 bridgehead atoms. The second kappa shape index (κ2) is 11.8. The first-order chi connectivity index (χ1) is 14.8. The molecule has 1 aliphatic heterocycles. The maximum Gasteiger partial charge on any atom is 0.410 e. The van der Waals surface area contributed by atoms with Crippen molar-refractivity contribution in [2.24, 2.45) is 17.8 Å². The van der Waals surface area contributed by atoms with E-state index in [9.17, 15) is 4.79 Å². The molecule has 4 nitrogen and oxygen atoms in total. The molecule has 3 atom stereocenters. The number of nitrogens with zero attached hydrogens (tertiary/aromatic N) is 1. The van der Waals surface area contributed by atoms with Crippen LogP contribution in [-0.4, -0.2) is 30.7 Å². The Labute approximate surface area is 181 Å². The Morgan fingerprint density at radius 2 is 1.53 bits per heavy atom. The van der Waals surface area contributed by atoms with Crippen LogP contribution in [0.15, 0.2) is 60.7 Å². The Morgan fingerprint density at radius 1 is 0.900 bits per heavy atom. The van der Waals surface area contributed by atoms with E-state index in [2.05, 4.69) is 12.1 Å². The summed E-state index contributed by atoms with van der Waals surface area (Å²) in [4.78, 5) is 14.4. The standard InChI is InChI=1S/C24H29NO3.C2H6/c26-24(28-18-20-9-5-2-6-10-20)25-15-22-12-11-21(23(22)16-25)13-14-27-17-19-7-3-1-4-8-19;1-2/h1-10,21-23H,11-18H2;1-2H3. The lowest BCUT2D eigenvalue weighted by Crippen LogP contribution is -2.30. The SMILES string of the molecule is CC.O=C(OCc1ccccc1)N1CC2CCC(CCOCc3ccccc3)C2C1. The van der Waals surface area contributed by atoms with Crippen LogP contribution in [0.5, 0.6) is 0 Å². The predicted octanol–water partition coefficient (Wildman–Crippen LogP) is 5.91. The van der Waals surface area contributed by atoms with Gasteiger partial charge in [0.05, 0.1) is 6.61 Å². The minimum Gasteiger partial charge on any atom is -0.445 e. The molecular weight excluding hydrogens is 374 g/mol. The molecule has 2 aromatic carbocycles. The van der Waals surface area contributed by atoms with Gasteiger partial charge in [0, 0.05) is 19.7 Å². The van der Waals surface area contributed by atoms with Gasteiger partial charge in [-0.05, 0) is 48.1 Å². The third kappa shape index (κ3) is 6.09. The van der Waals surface area contributed by atoms with Crippen LogP contribution in [0.1, 0.15) is 44.2 Å². The van der Waals surface area contributed by atoms with Gasteiger partial charge in [-0.15, -0.1) is 0 Å². The molecule has 162 valence electrons. The van der Waals surface area contributed by atoms with Gasteiger partial charge >= 0.3 is 6.09 Å². The fraction of sp³-hybridized carbons (Fsp3) is 0.500. The lowest BCUT2D eigenvalue weighted by Gasteiger charge is -2.20. The molecule has 0 radical (unpaired) electrons. The van der Waals surface area contributed by atoms with Crippen LogP contribution in [0.2, 0.25) is 0 Å². The van der Waals surface area contributed by atoms with Gasteiger partial charge in [0.15, 0.2) is 0 Å². The van der Waals surface area contributed by atoms with Crippen LogP contribution in [-0.2, 0) is 22.7 Å². The maximum atomic E-state index is 12.5. The van der Waals surface area contributed by atoms with Gasteiger partial charge in [-0.2, -0.15) is 0 Å². The van der Waals surface area contributed by atoms with Gasteiger partial charge < -0.3 is 14.4 Å². The Balaban J connectivity index is 0.00000124. The number of hydrogen-bond donors (Lipinski definition) is 0. The first-order valence-electron chi connectivity index (χ1n) is 11.4. The van der Waals surface area contributed by atoms with Crippen LogP contribution < -0.4 is 0 Å². The molecule has 1 amide bonds. The molecule has 0 N–H and O–H groups in total. The van der Waals surface area contributed by atoms with E-state index in [4.69, 9.17) is 9.47 Å². The summed E-state index contributed by atoms with van der Waals surface area (Å²) in [6, 6.07) is 20.2. The second-order valence-corrected chi connectivity index (χ2v) is 8.03. The molecule has 1 saturated heterocycles. The van der Waals surface area contributed by atoms with Crippen LogP contribution in [0, 0.1) is 17.8 Å². The highest BCUT2D eigenvalue weighted by Crippen LogP contribution is 2.43. The van der Waals surface area contributed by atoms with E-state index in [1.165, 1.54) is 18.4 Å². The van der Waals surface area contributed by atoms with E-state index in [-0.39, 0.29) is 6.09 Å². The van der Waals surface area contributed by atoms with E-state index >= 15 is 0 Å². The third-order valence-electron chi connectivity index (χ3n) is 6.21. The topological polar surface area (TPSA) is 38.8 Å². The lowest BCUT2D eigenvalue weighted by molar-refractivity contribution is 0.0934. The monoisotopic (exact) mass is 409 g/mol. The molecule has 2 fully saturated rings. The average molecular weight is 410 g/mol. The summed E-state index contributed by atoms with van der Waals surface area (Å²) in [5, 5.41) is 0. The van der Waals surface area contributed by atoms with Gasteiger partial charge in [0.1, 0.15) is 6.61 Å². The number of ether oxygens (including phenoxy) is 2. The predicted molar refractivity (Wildman–Crippen MR) is 120 cm³/mol. The molecule has 2 aliphatic rings. The highest BCUT2D eigenvalue weighted by Gasteiger charge is 2.44. The Hall–Kier alpha value is -2.33. The zero-order valence-electron chi connectivity index (χ0n) is 18.3. The highest BCUT2D eigenvalue weighted by molar-refractivity contribution is 5.68. The molecule has 0 spiro atoms. The molecule has 4 rings (SSSR count). The summed E-state index contributed by atoms with van der Waals surface area (Å²) in [7, 11) is 0. The minimum absolute atomic E-state index is 0.169. The van der Waals surface area contributed by atoms with E-state index in [0.29, 0.717) is 31.0 Å². The van der Waals surface area contributed by atoms with Crippen LogP contribution in [0.3, 0.4) is 0 Å². The average Bonchev–Trinajstić information content (AvgIpc) is 3.39. The van der Waals surface area contributed by atoms with E-state index < -0.39 is 0 Å². The largest absolute Gasteiger partial charge is 0.445 e. The zero-order chi connectivity index (χ0) is 21.2. The Morgan fingerprint density at radius 3 is 2.20 bits per heavy atom. The number of carbonyl (C=O) groups is 1. The minimum atomic E-state index is -0.169. The molecule has 3 unspecified atom stereocenters. The number of rotatable bonds is 7. The van der Waals surface area contributed by atoms with Gasteiger partial charge in [-0.1, -0.05) is 74.5 Å². The summed E-state index contributed by atoms with van der Waals surface area (Å²) < 4.78 is 11.4. The fourth-order valence-electron chi connectivity index (χ4n) is 4.70. The van der Waals surface area contributed by atoms with Gasteiger partial charge in [0.2, 0.25) is 0 Å². The Kier molecular flexibility index (Phi) is 8.76. The number of likely N-dealkylation sites (tertiary alicyclic amines) is 1. The zero-order valence-corrected chi connectivity index (χ0v) is 18.3. The molecular formula is C26H35NO3. The lowest BCUT2D eigenvalue weighted by atomic mass is 9.90. The molecule has 1 aliphatic carbocycles. The number of benzene rings is 2. The maximum absolute atomic E-state index is 12.5. The van der Waals surface area contributed by atoms with Crippen molar-refractivity contribution in [3.63, 3.8) is 0 Å². The second-order valence-electron chi connectivity index (χ2n) is 8.03. The van der Waals surface area contributed by atoms with Crippen LogP contribution >= 0.6 is 0 Å². The first-order valence-corrected chi connectivity index (χ1v) is 11.4. The molecule has 1 saturated carbocycles. The van der Waals surface area contributed by atoms with Gasteiger partial charge in [0.25, 0.3) is 0 Å². The Bertz CT molecular complexity index is 749. The number of hydrogen-bond acceptors (Lipinski definition) is 3. The molecule has 2 aromatic rings. The van der Waals surface area contributed by atoms with Crippen molar-refractivity contribution >= 4 is 6.09 Å². The first kappa shape index (κ1) is 22.4. The summed E-state index contributed by atoms with van der Waals surface area (Å²) >= 11 is 0. The molecule has 0 aromatic heterocycles. The number of carbonyl (C=O) groups excluding carboxylic acids is 1. The van der Waals surface area contributed by atoms with E-state index in [0.717, 1.165) is 31.7 Å². The normalized spacial score (nSPS) is 22.2. The van der Waals surface area contributed by atoms with E-state index in [1.807, 2.05) is 67.3 Å². The smallest absolute Gasteiger partial charge is 0.410 e. The van der Waals surface area contributed by atoms with Crippen molar-refractivity contribution in [3.05, 3.63) is 71.8 Å². The quantitative estimate of drug-likeness (QED) is 0.533. The number of fused-ring (bicyclic) bond motifs is 1. The van der Waals surface area contributed by atoms with Gasteiger partial charge in [-0.3, -0.25) is 0 Å². The fourth-order valence-corrected chi connectivity index (χ4v) is 4.70. The summed E-state index contributed by atoms with van der Waals surface area (Å²) in [6.07, 6.45) is 3.39. The van der Waals surface area contributed by atoms with Crippen molar-refractivity contribution < 1.29 is 14.3 Å².